The average molecular weight is 371 g/mol. The van der Waals surface area contributed by atoms with Crippen LogP contribution in [0.15, 0.2) is 17.1 Å². The van der Waals surface area contributed by atoms with Crippen molar-refractivity contribution in [2.24, 2.45) is 5.92 Å². The minimum atomic E-state index is -0.940. The Balaban J connectivity index is 1.63. The van der Waals surface area contributed by atoms with E-state index in [2.05, 4.69) is 20.2 Å². The van der Waals surface area contributed by atoms with Crippen molar-refractivity contribution in [3.63, 3.8) is 0 Å². The molecule has 5 rings (SSSR count). The van der Waals surface area contributed by atoms with Gasteiger partial charge in [0.05, 0.1) is 17.8 Å². The van der Waals surface area contributed by atoms with Gasteiger partial charge in [0, 0.05) is 22.2 Å². The number of nitrogens with one attached hydrogen (secondary N) is 2. The van der Waals surface area contributed by atoms with E-state index in [1.165, 1.54) is 16.2 Å². The van der Waals surface area contributed by atoms with Crippen molar-refractivity contribution in [1.29, 1.82) is 0 Å². The molecule has 3 aromatic heterocycles. The Morgan fingerprint density at radius 3 is 3.00 bits per heavy atom. The van der Waals surface area contributed by atoms with E-state index in [0.717, 1.165) is 35.4 Å². The van der Waals surface area contributed by atoms with Crippen molar-refractivity contribution < 1.29 is 9.90 Å². The summed E-state index contributed by atoms with van der Waals surface area (Å²) in [5, 5.41) is 16.5. The molecule has 1 saturated carbocycles. The molecule has 0 spiro atoms. The molecule has 0 unspecified atom stereocenters. The number of hydrogen-bond acceptors (Lipinski definition) is 5. The van der Waals surface area contributed by atoms with Gasteiger partial charge in [0.2, 0.25) is 0 Å². The van der Waals surface area contributed by atoms with Gasteiger partial charge in [-0.3, -0.25) is 14.8 Å². The molecule has 2 fully saturated rings. The van der Waals surface area contributed by atoms with Gasteiger partial charge in [0.1, 0.15) is 10.5 Å². The predicted octanol–water partition coefficient (Wildman–Crippen LogP) is 2.89. The van der Waals surface area contributed by atoms with Crippen molar-refractivity contribution in [2.45, 2.75) is 38.3 Å². The highest BCUT2D eigenvalue weighted by Gasteiger charge is 2.50. The lowest BCUT2D eigenvalue weighted by Gasteiger charge is -2.32. The maximum atomic E-state index is 12.6. The maximum Gasteiger partial charge on any atom is 0.408 e. The summed E-state index contributed by atoms with van der Waals surface area (Å²) in [6.07, 6.45) is 3.51. The molecule has 134 valence electrons. The third kappa shape index (κ3) is 2.13. The molecule has 0 radical (unpaired) electrons. The monoisotopic (exact) mass is 371 g/mol. The summed E-state index contributed by atoms with van der Waals surface area (Å²) in [7, 11) is 0. The van der Waals surface area contributed by atoms with Gasteiger partial charge < -0.3 is 10.1 Å². The fourth-order valence-electron chi connectivity index (χ4n) is 4.45. The van der Waals surface area contributed by atoms with E-state index in [-0.39, 0.29) is 23.6 Å². The van der Waals surface area contributed by atoms with Crippen LogP contribution in [0.3, 0.4) is 0 Å². The number of nitrogens with zero attached hydrogens (tertiary/aromatic N) is 3. The van der Waals surface area contributed by atoms with Crippen LogP contribution in [0.4, 0.5) is 4.79 Å². The third-order valence-electron chi connectivity index (χ3n) is 5.58. The average Bonchev–Trinajstić information content (AvgIpc) is 3.36. The molecule has 9 heteroatoms. The van der Waals surface area contributed by atoms with E-state index < -0.39 is 6.09 Å². The van der Waals surface area contributed by atoms with Gasteiger partial charge in [0.25, 0.3) is 5.56 Å². The van der Waals surface area contributed by atoms with Gasteiger partial charge in [-0.2, -0.15) is 5.10 Å². The topological polar surface area (TPSA) is 115 Å². The van der Waals surface area contributed by atoms with E-state index in [0.29, 0.717) is 16.0 Å². The SMILES string of the molecule is Cc1[nH]ncc1-c1cc2nc([C@@H]3[C@H]4CC[C@H](C4)N3C(=O)O)[nH]c(=O)c2s1. The van der Waals surface area contributed by atoms with E-state index in [4.69, 9.17) is 0 Å². The number of thiophene rings is 1. The molecule has 3 N–H and O–H groups in total. The van der Waals surface area contributed by atoms with Gasteiger partial charge in [0.15, 0.2) is 0 Å². The number of piperidine rings is 1. The fourth-order valence-corrected chi connectivity index (χ4v) is 5.50. The number of fused-ring (bicyclic) bond motifs is 3. The van der Waals surface area contributed by atoms with Crippen LogP contribution in [0.25, 0.3) is 20.7 Å². The van der Waals surface area contributed by atoms with E-state index in [1.54, 1.807) is 6.20 Å². The van der Waals surface area contributed by atoms with Crippen LogP contribution in [-0.4, -0.2) is 42.3 Å². The number of likely N-dealkylation sites (tertiary alicyclic amines) is 1. The Morgan fingerprint density at radius 1 is 1.42 bits per heavy atom. The second kappa shape index (κ2) is 5.41. The smallest absolute Gasteiger partial charge is 0.408 e. The normalized spacial score (nSPS) is 24.7. The fraction of sp³-hybridized carbons (Fsp3) is 0.412. The molecule has 26 heavy (non-hydrogen) atoms. The van der Waals surface area contributed by atoms with Crippen LogP contribution in [0.1, 0.15) is 36.8 Å². The van der Waals surface area contributed by atoms with Crippen molar-refractivity contribution in [2.75, 3.05) is 0 Å². The summed E-state index contributed by atoms with van der Waals surface area (Å²) in [4.78, 5) is 34.2. The van der Waals surface area contributed by atoms with E-state index in [9.17, 15) is 14.7 Å². The number of rotatable bonds is 2. The Kier molecular flexibility index (Phi) is 3.24. The zero-order valence-corrected chi connectivity index (χ0v) is 14.8. The van der Waals surface area contributed by atoms with Crippen LogP contribution in [0.2, 0.25) is 0 Å². The van der Waals surface area contributed by atoms with Gasteiger partial charge in [-0.15, -0.1) is 11.3 Å². The first-order valence-corrected chi connectivity index (χ1v) is 9.40. The Hall–Kier alpha value is -2.68. The predicted molar refractivity (Wildman–Crippen MR) is 96.3 cm³/mol. The lowest BCUT2D eigenvalue weighted by Crippen LogP contribution is -2.40. The molecule has 8 nitrogen and oxygen atoms in total. The summed E-state index contributed by atoms with van der Waals surface area (Å²) in [6.45, 7) is 1.93. The number of aromatic amines is 2. The number of aromatic nitrogens is 4. The van der Waals surface area contributed by atoms with Crippen molar-refractivity contribution in [3.8, 4) is 10.4 Å². The van der Waals surface area contributed by atoms with Gasteiger partial charge in [-0.05, 0) is 38.2 Å². The number of amides is 1. The largest absolute Gasteiger partial charge is 0.465 e. The van der Waals surface area contributed by atoms with E-state index in [1.807, 2.05) is 13.0 Å². The van der Waals surface area contributed by atoms with Crippen LogP contribution >= 0.6 is 11.3 Å². The molecule has 1 amide bonds. The number of carboxylic acid groups (broad SMARTS) is 1. The first kappa shape index (κ1) is 15.6. The van der Waals surface area contributed by atoms with E-state index >= 15 is 0 Å². The minimum absolute atomic E-state index is 0.0371. The molecular weight excluding hydrogens is 354 g/mol. The van der Waals surface area contributed by atoms with Gasteiger partial charge >= 0.3 is 6.09 Å². The Labute approximate surface area is 151 Å². The molecule has 1 aliphatic carbocycles. The highest BCUT2D eigenvalue weighted by Crippen LogP contribution is 2.49. The quantitative estimate of drug-likeness (QED) is 0.641. The molecule has 3 aromatic rings. The van der Waals surface area contributed by atoms with Crippen LogP contribution < -0.4 is 5.56 Å². The Morgan fingerprint density at radius 2 is 2.27 bits per heavy atom. The number of H-pyrrole nitrogens is 2. The van der Waals surface area contributed by atoms with Crippen molar-refractivity contribution in [3.05, 3.63) is 34.1 Å². The summed E-state index contributed by atoms with van der Waals surface area (Å²) in [5.74, 6) is 0.691. The van der Waals surface area contributed by atoms with Crippen molar-refractivity contribution >= 4 is 27.6 Å². The van der Waals surface area contributed by atoms with Crippen LogP contribution in [-0.2, 0) is 0 Å². The number of hydrogen-bond donors (Lipinski definition) is 3. The van der Waals surface area contributed by atoms with Crippen LogP contribution in [0.5, 0.6) is 0 Å². The first-order valence-electron chi connectivity index (χ1n) is 8.58. The maximum absolute atomic E-state index is 12.6. The summed E-state index contributed by atoms with van der Waals surface area (Å²) >= 11 is 1.37. The van der Waals surface area contributed by atoms with Gasteiger partial charge in [-0.25, -0.2) is 9.78 Å². The molecule has 1 aliphatic heterocycles. The molecule has 3 atom stereocenters. The summed E-state index contributed by atoms with van der Waals surface area (Å²) in [6, 6.07) is 1.56. The third-order valence-corrected chi connectivity index (χ3v) is 6.74. The lowest BCUT2D eigenvalue weighted by atomic mass is 9.98. The summed E-state index contributed by atoms with van der Waals surface area (Å²) in [5.41, 5.74) is 2.27. The number of aryl methyl sites for hydroxylation is 1. The second-order valence-corrected chi connectivity index (χ2v) is 8.10. The molecular formula is C17H17N5O3S. The molecule has 1 saturated heterocycles. The minimum Gasteiger partial charge on any atom is -0.465 e. The standard InChI is InChI=1S/C17H17N5O3S/c1-7-10(6-18-21-7)12-5-11-14(26-12)16(23)20-15(19-11)13-8-2-3-9(4-8)22(13)17(24)25/h5-6,8-9,13H,2-4H2,1H3,(H,18,21)(H,24,25)(H,19,20,23)/t8-,9+,13-/m0/s1. The zero-order valence-electron chi connectivity index (χ0n) is 14.0. The van der Waals surface area contributed by atoms with Crippen LogP contribution in [0, 0.1) is 12.8 Å². The zero-order chi connectivity index (χ0) is 18.0. The first-order chi connectivity index (χ1) is 12.5. The van der Waals surface area contributed by atoms with Crippen molar-refractivity contribution in [1.82, 2.24) is 25.1 Å². The molecule has 2 aliphatic rings. The van der Waals surface area contributed by atoms with Gasteiger partial charge in [-0.1, -0.05) is 0 Å². The second-order valence-electron chi connectivity index (χ2n) is 7.05. The highest BCUT2D eigenvalue weighted by molar-refractivity contribution is 7.22. The molecule has 4 heterocycles. The number of carbonyl (C=O) groups is 1. The molecule has 0 aromatic carbocycles. The Bertz CT molecular complexity index is 1080. The highest BCUT2D eigenvalue weighted by atomic mass is 32.1. The molecule has 2 bridgehead atoms. The summed E-state index contributed by atoms with van der Waals surface area (Å²) < 4.78 is 0.550. The lowest BCUT2D eigenvalue weighted by molar-refractivity contribution is 0.0989.